The highest BCUT2D eigenvalue weighted by molar-refractivity contribution is 6.15. The molecule has 0 aliphatic carbocycles. The molecule has 1 heterocycles. The molecule has 1 aromatic heterocycles. The van der Waals surface area contributed by atoms with Gasteiger partial charge < -0.3 is 9.32 Å². The molecule has 0 fully saturated rings. The highest BCUT2D eigenvalue weighted by Crippen LogP contribution is 2.44. The lowest BCUT2D eigenvalue weighted by Crippen LogP contribution is -2.10. The SMILES string of the molecule is c1ccc(-c2ccc(-c3cc(-c4ccc(N(c5ccc(-c6ccc(-c7cccc8c7oc7ccccc78)cc6)cc5)c5cc6ccccc6c6ccccc56)cc4)c4ccccc4c3)cc2)cc1. The van der Waals surface area contributed by atoms with Crippen LogP contribution in [0.1, 0.15) is 0 Å². The molecule has 0 bridgehead atoms. The largest absolute Gasteiger partial charge is 0.455 e. The lowest BCUT2D eigenvalue weighted by Gasteiger charge is -2.28. The Hall–Kier alpha value is -8.98. The second-order valence-electron chi connectivity index (χ2n) is 17.6. The van der Waals surface area contributed by atoms with Crippen LogP contribution in [0.4, 0.5) is 17.1 Å². The molecule has 318 valence electrons. The van der Waals surface area contributed by atoms with Gasteiger partial charge in [-0.2, -0.15) is 0 Å². The molecule has 2 heteroatoms. The maximum atomic E-state index is 6.39. The van der Waals surface area contributed by atoms with Crippen molar-refractivity contribution in [2.45, 2.75) is 0 Å². The van der Waals surface area contributed by atoms with E-state index in [0.717, 1.165) is 61.3 Å². The van der Waals surface area contributed by atoms with Crippen LogP contribution < -0.4 is 4.90 Å². The average Bonchev–Trinajstić information content (AvgIpc) is 3.81. The summed E-state index contributed by atoms with van der Waals surface area (Å²) in [5.74, 6) is 0. The summed E-state index contributed by atoms with van der Waals surface area (Å²) in [5, 5.41) is 9.62. The molecule has 0 saturated carbocycles. The Morgan fingerprint density at radius 2 is 0.706 bits per heavy atom. The van der Waals surface area contributed by atoms with Crippen molar-refractivity contribution < 1.29 is 4.42 Å². The zero-order valence-electron chi connectivity index (χ0n) is 37.2. The fourth-order valence-electron chi connectivity index (χ4n) is 10.3. The van der Waals surface area contributed by atoms with E-state index in [9.17, 15) is 0 Å². The van der Waals surface area contributed by atoms with Crippen LogP contribution in [0, 0.1) is 0 Å². The lowest BCUT2D eigenvalue weighted by atomic mass is 9.92. The quantitative estimate of drug-likeness (QED) is 0.142. The highest BCUT2D eigenvalue weighted by Gasteiger charge is 2.19. The van der Waals surface area contributed by atoms with Crippen LogP contribution in [0.3, 0.4) is 0 Å². The molecule has 68 heavy (non-hydrogen) atoms. The first-order chi connectivity index (χ1) is 33.7. The van der Waals surface area contributed by atoms with E-state index in [2.05, 4.69) is 254 Å². The molecule has 12 aromatic carbocycles. The first-order valence-corrected chi connectivity index (χ1v) is 23.3. The van der Waals surface area contributed by atoms with E-state index in [-0.39, 0.29) is 0 Å². The minimum atomic E-state index is 0.911. The van der Waals surface area contributed by atoms with Crippen LogP contribution in [0.2, 0.25) is 0 Å². The van der Waals surface area contributed by atoms with Gasteiger partial charge in [0.1, 0.15) is 11.2 Å². The number of furan rings is 1. The Morgan fingerprint density at radius 1 is 0.250 bits per heavy atom. The van der Waals surface area contributed by atoms with Crippen molar-refractivity contribution in [3.8, 4) is 55.6 Å². The number of anilines is 3. The summed E-state index contributed by atoms with van der Waals surface area (Å²) in [6.07, 6.45) is 0. The zero-order valence-corrected chi connectivity index (χ0v) is 37.2. The van der Waals surface area contributed by atoms with Crippen molar-refractivity contribution in [3.05, 3.63) is 261 Å². The van der Waals surface area contributed by atoms with Crippen molar-refractivity contribution in [2.75, 3.05) is 4.90 Å². The molecule has 0 spiro atoms. The Bertz CT molecular complexity index is 3980. The predicted octanol–water partition coefficient (Wildman–Crippen LogP) is 18.9. The van der Waals surface area contributed by atoms with Gasteiger partial charge in [-0.25, -0.2) is 0 Å². The normalized spacial score (nSPS) is 11.5. The van der Waals surface area contributed by atoms with Gasteiger partial charge in [0, 0.05) is 33.1 Å². The first kappa shape index (κ1) is 39.4. The molecular formula is C66H43NO. The minimum Gasteiger partial charge on any atom is -0.455 e. The standard InChI is InChI=1S/C66H43NO/c1-2-13-44(14-3-1)45-25-27-48(28-26-45)53-41-51-15-4-7-18-57(51)63(42-53)50-35-39-55(40-36-50)67(64-43-52-16-5-6-17-56(52)59-19-8-9-20-60(59)64)54-37-33-47(34-38-54)46-29-31-49(32-30-46)58-22-12-23-62-61-21-10-11-24-65(61)68-66(58)62/h1-43H. The molecule has 13 rings (SSSR count). The molecule has 2 nitrogen and oxygen atoms in total. The molecule has 0 saturated heterocycles. The van der Waals surface area contributed by atoms with Gasteiger partial charge in [0.05, 0.1) is 5.69 Å². The summed E-state index contributed by atoms with van der Waals surface area (Å²) in [6, 6.07) is 94.5. The first-order valence-electron chi connectivity index (χ1n) is 23.3. The van der Waals surface area contributed by atoms with Crippen LogP contribution in [0.5, 0.6) is 0 Å². The van der Waals surface area contributed by atoms with Gasteiger partial charge in [0.25, 0.3) is 0 Å². The highest BCUT2D eigenvalue weighted by atomic mass is 16.3. The van der Waals surface area contributed by atoms with Gasteiger partial charge in [-0.15, -0.1) is 0 Å². The Labute approximate surface area is 395 Å². The monoisotopic (exact) mass is 865 g/mol. The van der Waals surface area contributed by atoms with E-state index in [1.165, 1.54) is 65.7 Å². The van der Waals surface area contributed by atoms with Gasteiger partial charge in [-0.05, 0) is 126 Å². The molecule has 0 unspecified atom stereocenters. The van der Waals surface area contributed by atoms with E-state index in [0.29, 0.717) is 0 Å². The molecule has 0 atom stereocenters. The predicted molar refractivity (Wildman–Crippen MR) is 288 cm³/mol. The van der Waals surface area contributed by atoms with Crippen molar-refractivity contribution in [1.29, 1.82) is 0 Å². The number of fused-ring (bicyclic) bond motifs is 7. The summed E-state index contributed by atoms with van der Waals surface area (Å²) in [7, 11) is 0. The van der Waals surface area contributed by atoms with Crippen molar-refractivity contribution >= 4 is 71.3 Å². The topological polar surface area (TPSA) is 16.4 Å². The summed E-state index contributed by atoms with van der Waals surface area (Å²) in [5.41, 5.74) is 16.9. The van der Waals surface area contributed by atoms with E-state index in [1.807, 2.05) is 12.1 Å². The Kier molecular flexibility index (Phi) is 9.54. The Balaban J connectivity index is 0.884. The van der Waals surface area contributed by atoms with Gasteiger partial charge in [0.15, 0.2) is 0 Å². The van der Waals surface area contributed by atoms with E-state index in [1.54, 1.807) is 0 Å². The molecule has 0 radical (unpaired) electrons. The van der Waals surface area contributed by atoms with Gasteiger partial charge in [-0.3, -0.25) is 0 Å². The van der Waals surface area contributed by atoms with Crippen LogP contribution in [0.25, 0.3) is 110 Å². The molecule has 0 amide bonds. The maximum absolute atomic E-state index is 6.39. The molecule has 0 aliphatic heterocycles. The number of nitrogens with zero attached hydrogens (tertiary/aromatic N) is 1. The summed E-state index contributed by atoms with van der Waals surface area (Å²) >= 11 is 0. The number of hydrogen-bond acceptors (Lipinski definition) is 2. The van der Waals surface area contributed by atoms with Crippen LogP contribution in [0.15, 0.2) is 265 Å². The third-order valence-corrected chi connectivity index (χ3v) is 13.7. The van der Waals surface area contributed by atoms with Crippen molar-refractivity contribution in [3.63, 3.8) is 0 Å². The van der Waals surface area contributed by atoms with E-state index >= 15 is 0 Å². The van der Waals surface area contributed by atoms with E-state index < -0.39 is 0 Å². The molecular weight excluding hydrogens is 823 g/mol. The fraction of sp³-hybridized carbons (Fsp3) is 0. The van der Waals surface area contributed by atoms with Gasteiger partial charge in [0.2, 0.25) is 0 Å². The summed E-state index contributed by atoms with van der Waals surface area (Å²) in [4.78, 5) is 2.42. The van der Waals surface area contributed by atoms with Crippen LogP contribution in [-0.2, 0) is 0 Å². The van der Waals surface area contributed by atoms with Crippen LogP contribution >= 0.6 is 0 Å². The third kappa shape index (κ3) is 6.90. The summed E-state index contributed by atoms with van der Waals surface area (Å²) in [6.45, 7) is 0. The maximum Gasteiger partial charge on any atom is 0.143 e. The second-order valence-corrected chi connectivity index (χ2v) is 17.6. The van der Waals surface area contributed by atoms with Crippen LogP contribution in [-0.4, -0.2) is 0 Å². The van der Waals surface area contributed by atoms with Crippen molar-refractivity contribution in [1.82, 2.24) is 0 Å². The Morgan fingerprint density at radius 3 is 1.38 bits per heavy atom. The lowest BCUT2D eigenvalue weighted by molar-refractivity contribution is 0.670. The minimum absolute atomic E-state index is 0.911. The fourth-order valence-corrected chi connectivity index (χ4v) is 10.3. The van der Waals surface area contributed by atoms with Crippen molar-refractivity contribution in [2.24, 2.45) is 0 Å². The number of benzene rings is 12. The molecule has 0 N–H and O–H groups in total. The number of para-hydroxylation sites is 2. The molecule has 0 aliphatic rings. The smallest absolute Gasteiger partial charge is 0.143 e. The average molecular weight is 866 g/mol. The van der Waals surface area contributed by atoms with Gasteiger partial charge >= 0.3 is 0 Å². The number of hydrogen-bond donors (Lipinski definition) is 0. The summed E-state index contributed by atoms with van der Waals surface area (Å²) < 4.78 is 6.39. The van der Waals surface area contributed by atoms with E-state index in [4.69, 9.17) is 4.42 Å². The van der Waals surface area contributed by atoms with Gasteiger partial charge in [-0.1, -0.05) is 212 Å². The third-order valence-electron chi connectivity index (χ3n) is 13.7. The molecule has 13 aromatic rings. The number of rotatable bonds is 8. The zero-order chi connectivity index (χ0) is 45.0. The second kappa shape index (κ2) is 16.5.